The molecule has 0 aromatic heterocycles. The molecule has 1 amide bonds. The van der Waals surface area contributed by atoms with Crippen LogP contribution in [0.4, 0.5) is 0 Å². The smallest absolute Gasteiger partial charge is 0.271 e. The van der Waals surface area contributed by atoms with Crippen molar-refractivity contribution in [2.45, 2.75) is 51.4 Å². The van der Waals surface area contributed by atoms with Crippen LogP contribution < -0.4 is 5.32 Å². The average molecular weight is 416 g/mol. The molecule has 1 saturated carbocycles. The summed E-state index contributed by atoms with van der Waals surface area (Å²) in [4.78, 5) is 12.5. The molecule has 2 aromatic rings. The van der Waals surface area contributed by atoms with Gasteiger partial charge in [-0.1, -0.05) is 55.5 Å². The lowest BCUT2D eigenvalue weighted by Crippen LogP contribution is -2.40. The van der Waals surface area contributed by atoms with E-state index in [-0.39, 0.29) is 23.2 Å². The van der Waals surface area contributed by atoms with Crippen LogP contribution in [0, 0.1) is 12.3 Å². The third-order valence-corrected chi connectivity index (χ3v) is 6.93. The van der Waals surface area contributed by atoms with Crippen LogP contribution in [0.3, 0.4) is 0 Å². The highest BCUT2D eigenvalue weighted by Crippen LogP contribution is 2.37. The molecule has 0 atom stereocenters. The van der Waals surface area contributed by atoms with Crippen molar-refractivity contribution in [1.82, 2.24) is 5.32 Å². The van der Waals surface area contributed by atoms with Crippen molar-refractivity contribution >= 4 is 16.0 Å². The Bertz CT molecular complexity index is 932. The third kappa shape index (κ3) is 6.15. The van der Waals surface area contributed by atoms with E-state index in [1.807, 2.05) is 49.4 Å². The van der Waals surface area contributed by atoms with E-state index in [0.29, 0.717) is 24.9 Å². The Kier molecular flexibility index (Phi) is 6.75. The molecule has 1 aliphatic carbocycles. The Morgan fingerprint density at radius 1 is 1.07 bits per heavy atom. The molecule has 0 saturated heterocycles. The second kappa shape index (κ2) is 9.09. The lowest BCUT2D eigenvalue weighted by atomic mass is 9.74. The molecule has 2 aromatic carbocycles. The molecule has 1 fully saturated rings. The first-order chi connectivity index (χ1) is 13.8. The molecular formula is C23H29NO4S. The predicted molar refractivity (Wildman–Crippen MR) is 114 cm³/mol. The number of aryl methyl sites for hydroxylation is 1. The second-order valence-corrected chi connectivity index (χ2v) is 9.89. The van der Waals surface area contributed by atoms with Gasteiger partial charge in [0.2, 0.25) is 0 Å². The molecule has 6 heteroatoms. The van der Waals surface area contributed by atoms with Gasteiger partial charge in [-0.2, -0.15) is 8.42 Å². The van der Waals surface area contributed by atoms with E-state index in [1.165, 1.54) is 0 Å². The molecule has 5 nitrogen and oxygen atoms in total. The quantitative estimate of drug-likeness (QED) is 0.687. The number of amides is 1. The van der Waals surface area contributed by atoms with Gasteiger partial charge in [0.15, 0.2) is 0 Å². The summed E-state index contributed by atoms with van der Waals surface area (Å²) in [6.45, 7) is 4.64. The summed E-state index contributed by atoms with van der Waals surface area (Å²) in [6.07, 6.45) is 2.68. The van der Waals surface area contributed by atoms with Gasteiger partial charge in [0.1, 0.15) is 5.75 Å². The second-order valence-electron chi connectivity index (χ2n) is 8.29. The Balaban J connectivity index is 1.49. The van der Waals surface area contributed by atoms with E-state index in [1.54, 1.807) is 12.1 Å². The number of carbonyl (C=O) groups excluding carboxylic acids is 1. The van der Waals surface area contributed by atoms with Crippen molar-refractivity contribution in [2.24, 2.45) is 5.41 Å². The number of hydrogen-bond acceptors (Lipinski definition) is 4. The van der Waals surface area contributed by atoms with Gasteiger partial charge in [-0.15, -0.1) is 0 Å². The van der Waals surface area contributed by atoms with Crippen molar-refractivity contribution in [1.29, 1.82) is 0 Å². The van der Waals surface area contributed by atoms with Crippen molar-refractivity contribution in [3.8, 4) is 0 Å². The first-order valence-corrected chi connectivity index (χ1v) is 11.6. The van der Waals surface area contributed by atoms with Crippen molar-refractivity contribution in [3.05, 3.63) is 71.3 Å². The fourth-order valence-electron chi connectivity index (χ4n) is 3.80. The lowest BCUT2D eigenvalue weighted by molar-refractivity contribution is 0.0813. The third-order valence-electron chi connectivity index (χ3n) is 5.67. The maximum Gasteiger partial charge on any atom is 0.271 e. The van der Waals surface area contributed by atoms with Gasteiger partial charge >= 0.3 is 0 Å². The lowest BCUT2D eigenvalue weighted by Gasteiger charge is -2.37. The Morgan fingerprint density at radius 3 is 2.34 bits per heavy atom. The molecule has 0 aliphatic heterocycles. The largest absolute Gasteiger partial charge is 0.351 e. The Morgan fingerprint density at radius 2 is 1.69 bits per heavy atom. The number of rotatable bonds is 7. The maximum absolute atomic E-state index is 12.5. The highest BCUT2D eigenvalue weighted by molar-refractivity contribution is 7.85. The number of hydrogen-bond donors (Lipinski definition) is 1. The number of carbonyl (C=O) groups is 1. The summed E-state index contributed by atoms with van der Waals surface area (Å²) in [5.74, 6) is -0.165. The van der Waals surface area contributed by atoms with E-state index in [9.17, 15) is 13.2 Å². The fourth-order valence-corrected chi connectivity index (χ4v) is 5.07. The van der Waals surface area contributed by atoms with Crippen LogP contribution in [0.5, 0.6) is 0 Å². The monoisotopic (exact) mass is 415 g/mol. The number of nitrogens with one attached hydrogen (secondary N) is 1. The average Bonchev–Trinajstić information content (AvgIpc) is 2.69. The van der Waals surface area contributed by atoms with Crippen molar-refractivity contribution < 1.29 is 17.4 Å². The molecule has 0 heterocycles. The standard InChI is InChI=1S/C23H29NO4S/c1-18-8-6-7-11-21(18)22(25)24-17-23(2)14-12-20(13-15-23)28-29(26,27)16-19-9-4-3-5-10-19/h3-11,20H,12-17H2,1-2H3,(H,24,25). The predicted octanol–water partition coefficient (Wildman–Crippen LogP) is 4.22. The van der Waals surface area contributed by atoms with Crippen LogP contribution in [0.15, 0.2) is 54.6 Å². The highest BCUT2D eigenvalue weighted by Gasteiger charge is 2.34. The zero-order chi connectivity index (χ0) is 20.9. The molecule has 1 N–H and O–H groups in total. The van der Waals surface area contributed by atoms with Gasteiger partial charge in [-0.25, -0.2) is 0 Å². The molecule has 0 unspecified atom stereocenters. The normalized spacial score (nSPS) is 22.2. The van der Waals surface area contributed by atoms with Crippen LogP contribution in [-0.4, -0.2) is 27.0 Å². The van der Waals surface area contributed by atoms with Crippen LogP contribution >= 0.6 is 0 Å². The van der Waals surface area contributed by atoms with Crippen LogP contribution in [0.2, 0.25) is 0 Å². The molecule has 156 valence electrons. The van der Waals surface area contributed by atoms with Crippen molar-refractivity contribution in [3.63, 3.8) is 0 Å². The van der Waals surface area contributed by atoms with Gasteiger partial charge in [0.05, 0.1) is 6.10 Å². The SMILES string of the molecule is Cc1ccccc1C(=O)NCC1(C)CCC(OS(=O)(=O)Cc2ccccc2)CC1. The minimum atomic E-state index is -3.61. The van der Waals surface area contributed by atoms with E-state index in [2.05, 4.69) is 12.2 Å². The zero-order valence-electron chi connectivity index (χ0n) is 17.1. The number of benzene rings is 2. The minimum Gasteiger partial charge on any atom is -0.351 e. The van der Waals surface area contributed by atoms with Gasteiger partial charge in [-0.3, -0.25) is 8.98 Å². The highest BCUT2D eigenvalue weighted by atomic mass is 32.2. The zero-order valence-corrected chi connectivity index (χ0v) is 17.9. The molecule has 0 radical (unpaired) electrons. The van der Waals surface area contributed by atoms with Gasteiger partial charge in [0, 0.05) is 12.1 Å². The van der Waals surface area contributed by atoms with Crippen LogP contribution in [0.1, 0.15) is 54.1 Å². The van der Waals surface area contributed by atoms with Gasteiger partial charge < -0.3 is 5.32 Å². The summed E-state index contributed by atoms with van der Waals surface area (Å²) in [5, 5.41) is 3.05. The fraction of sp³-hybridized carbons (Fsp3) is 0.435. The van der Waals surface area contributed by atoms with Crippen LogP contribution in [-0.2, 0) is 20.1 Å². The Labute approximate surface area is 173 Å². The van der Waals surface area contributed by atoms with Gasteiger partial charge in [0.25, 0.3) is 16.0 Å². The molecule has 3 rings (SSSR count). The van der Waals surface area contributed by atoms with E-state index < -0.39 is 10.1 Å². The maximum atomic E-state index is 12.5. The van der Waals surface area contributed by atoms with E-state index in [4.69, 9.17) is 4.18 Å². The Hall–Kier alpha value is -2.18. The molecule has 0 bridgehead atoms. The summed E-state index contributed by atoms with van der Waals surface area (Å²) >= 11 is 0. The van der Waals surface area contributed by atoms with Crippen LogP contribution in [0.25, 0.3) is 0 Å². The van der Waals surface area contributed by atoms with Crippen molar-refractivity contribution in [2.75, 3.05) is 6.54 Å². The summed E-state index contributed by atoms with van der Waals surface area (Å²) in [5.41, 5.74) is 2.32. The molecule has 0 spiro atoms. The minimum absolute atomic E-state index is 0.0542. The first kappa shape index (κ1) is 21.5. The molecular weight excluding hydrogens is 386 g/mol. The summed E-state index contributed by atoms with van der Waals surface area (Å²) in [6, 6.07) is 16.6. The topological polar surface area (TPSA) is 72.5 Å². The first-order valence-electron chi connectivity index (χ1n) is 10.1. The van der Waals surface area contributed by atoms with Gasteiger partial charge in [-0.05, 0) is 55.2 Å². The summed E-state index contributed by atoms with van der Waals surface area (Å²) < 4.78 is 30.2. The summed E-state index contributed by atoms with van der Waals surface area (Å²) in [7, 11) is -3.61. The van der Waals surface area contributed by atoms with E-state index >= 15 is 0 Å². The van der Waals surface area contributed by atoms with E-state index in [0.717, 1.165) is 24.0 Å². The molecule has 29 heavy (non-hydrogen) atoms. The molecule has 1 aliphatic rings.